The molecular formula is C18H20N4O3. The van der Waals surface area contributed by atoms with E-state index in [2.05, 4.69) is 11.0 Å². The molecule has 0 unspecified atom stereocenters. The Morgan fingerprint density at radius 1 is 1.00 bits per heavy atom. The van der Waals surface area contributed by atoms with Gasteiger partial charge in [0.25, 0.3) is 0 Å². The highest BCUT2D eigenvalue weighted by Crippen LogP contribution is 2.13. The highest BCUT2D eigenvalue weighted by molar-refractivity contribution is 6.04. The van der Waals surface area contributed by atoms with Crippen molar-refractivity contribution >= 4 is 17.7 Å². The Kier molecular flexibility index (Phi) is 5.10. The topological polar surface area (TPSA) is 84.7 Å². The molecule has 0 N–H and O–H groups in total. The standard InChI is InChI=1S/C18H20N4O3/c19-11-14-1-3-15(4-2-14)12-20-7-9-21(10-8-20)18(25)13-22-16(23)5-6-17(22)24/h1-4H,5-10,12-13H2. The van der Waals surface area contributed by atoms with E-state index in [0.717, 1.165) is 30.1 Å². The Bertz CT molecular complexity index is 699. The lowest BCUT2D eigenvalue weighted by atomic mass is 10.1. The number of piperazine rings is 1. The van der Waals surface area contributed by atoms with Crippen molar-refractivity contribution < 1.29 is 14.4 Å². The second kappa shape index (κ2) is 7.45. The van der Waals surface area contributed by atoms with Crippen molar-refractivity contribution in [2.24, 2.45) is 0 Å². The third-order valence-corrected chi connectivity index (χ3v) is 4.66. The molecule has 2 saturated heterocycles. The molecule has 2 fully saturated rings. The van der Waals surface area contributed by atoms with Gasteiger partial charge >= 0.3 is 0 Å². The summed E-state index contributed by atoms with van der Waals surface area (Å²) in [5, 5.41) is 8.82. The van der Waals surface area contributed by atoms with Crippen molar-refractivity contribution in [3.8, 4) is 6.07 Å². The Morgan fingerprint density at radius 3 is 2.16 bits per heavy atom. The number of amides is 3. The zero-order valence-corrected chi connectivity index (χ0v) is 14.0. The predicted octanol–water partition coefficient (Wildman–Crippen LogP) is 0.351. The molecule has 2 heterocycles. The van der Waals surface area contributed by atoms with Gasteiger partial charge in [0.15, 0.2) is 0 Å². The summed E-state index contributed by atoms with van der Waals surface area (Å²) in [7, 11) is 0. The van der Waals surface area contributed by atoms with Crippen molar-refractivity contribution in [2.45, 2.75) is 19.4 Å². The lowest BCUT2D eigenvalue weighted by Crippen LogP contribution is -2.51. The van der Waals surface area contributed by atoms with Gasteiger partial charge in [-0.3, -0.25) is 24.2 Å². The van der Waals surface area contributed by atoms with E-state index in [9.17, 15) is 14.4 Å². The first-order valence-corrected chi connectivity index (χ1v) is 8.39. The molecule has 130 valence electrons. The maximum absolute atomic E-state index is 12.3. The third-order valence-electron chi connectivity index (χ3n) is 4.66. The van der Waals surface area contributed by atoms with Gasteiger partial charge in [-0.1, -0.05) is 12.1 Å². The van der Waals surface area contributed by atoms with Crippen LogP contribution in [0, 0.1) is 11.3 Å². The normalized spacial score (nSPS) is 18.5. The molecule has 7 heteroatoms. The molecule has 0 aliphatic carbocycles. The first-order chi connectivity index (χ1) is 12.1. The molecule has 1 aromatic carbocycles. The number of hydrogen-bond donors (Lipinski definition) is 0. The average Bonchev–Trinajstić information content (AvgIpc) is 2.95. The van der Waals surface area contributed by atoms with Gasteiger partial charge in [0.1, 0.15) is 6.54 Å². The van der Waals surface area contributed by atoms with Crippen molar-refractivity contribution in [3.05, 3.63) is 35.4 Å². The predicted molar refractivity (Wildman–Crippen MR) is 89.0 cm³/mol. The number of likely N-dealkylation sites (tertiary alicyclic amines) is 1. The molecule has 3 rings (SSSR count). The number of carbonyl (C=O) groups excluding carboxylic acids is 3. The summed E-state index contributed by atoms with van der Waals surface area (Å²) in [4.78, 5) is 40.6. The maximum atomic E-state index is 12.3. The minimum Gasteiger partial charge on any atom is -0.339 e. The molecule has 0 spiro atoms. The molecule has 7 nitrogen and oxygen atoms in total. The van der Waals surface area contributed by atoms with Gasteiger partial charge in [-0.05, 0) is 17.7 Å². The summed E-state index contributed by atoms with van der Waals surface area (Å²) in [6.45, 7) is 3.31. The van der Waals surface area contributed by atoms with E-state index in [4.69, 9.17) is 5.26 Å². The maximum Gasteiger partial charge on any atom is 0.242 e. The number of hydrogen-bond acceptors (Lipinski definition) is 5. The molecule has 0 radical (unpaired) electrons. The van der Waals surface area contributed by atoms with Crippen molar-refractivity contribution in [3.63, 3.8) is 0 Å². The van der Waals surface area contributed by atoms with Crippen LogP contribution in [0.3, 0.4) is 0 Å². The summed E-state index contributed by atoms with van der Waals surface area (Å²) < 4.78 is 0. The van der Waals surface area contributed by atoms with E-state index < -0.39 is 0 Å². The van der Waals surface area contributed by atoms with Gasteiger partial charge in [0.2, 0.25) is 17.7 Å². The van der Waals surface area contributed by atoms with Crippen LogP contribution in [0.25, 0.3) is 0 Å². The van der Waals surface area contributed by atoms with E-state index in [1.807, 2.05) is 12.1 Å². The molecule has 3 amide bonds. The molecule has 0 aromatic heterocycles. The minimum absolute atomic E-state index is 0.132. The Morgan fingerprint density at radius 2 is 1.60 bits per heavy atom. The SMILES string of the molecule is N#Cc1ccc(CN2CCN(C(=O)CN3C(=O)CCC3=O)CC2)cc1. The van der Waals surface area contributed by atoms with E-state index in [1.165, 1.54) is 0 Å². The molecule has 0 atom stereocenters. The first kappa shape index (κ1) is 17.1. The number of benzene rings is 1. The summed E-state index contributed by atoms with van der Waals surface area (Å²) in [6, 6.07) is 9.60. The second-order valence-corrected chi connectivity index (χ2v) is 6.34. The van der Waals surface area contributed by atoms with Crippen LogP contribution in [0.2, 0.25) is 0 Å². The fourth-order valence-corrected chi connectivity index (χ4v) is 3.13. The van der Waals surface area contributed by atoms with Crippen molar-refractivity contribution in [1.29, 1.82) is 5.26 Å². The lowest BCUT2D eigenvalue weighted by Gasteiger charge is -2.35. The van der Waals surface area contributed by atoms with Gasteiger partial charge in [-0.2, -0.15) is 5.26 Å². The van der Waals surface area contributed by atoms with E-state index in [0.29, 0.717) is 18.7 Å². The summed E-state index contributed by atoms with van der Waals surface area (Å²) in [5.74, 6) is -0.669. The molecule has 25 heavy (non-hydrogen) atoms. The van der Waals surface area contributed by atoms with Gasteiger partial charge in [0.05, 0.1) is 11.6 Å². The Balaban J connectivity index is 1.48. The zero-order valence-electron chi connectivity index (χ0n) is 14.0. The number of carbonyl (C=O) groups is 3. The molecule has 0 saturated carbocycles. The zero-order chi connectivity index (χ0) is 17.8. The summed E-state index contributed by atoms with van der Waals surface area (Å²) >= 11 is 0. The minimum atomic E-state index is -0.252. The van der Waals surface area contributed by atoms with Crippen LogP contribution in [0.4, 0.5) is 0 Å². The van der Waals surface area contributed by atoms with Crippen LogP contribution in [0.15, 0.2) is 24.3 Å². The number of imide groups is 1. The lowest BCUT2D eigenvalue weighted by molar-refractivity contribution is -0.146. The largest absolute Gasteiger partial charge is 0.339 e. The molecule has 1 aromatic rings. The molecule has 0 bridgehead atoms. The number of nitriles is 1. The number of rotatable bonds is 4. The Labute approximate surface area is 146 Å². The summed E-state index contributed by atoms with van der Waals surface area (Å²) in [6.07, 6.45) is 0.426. The smallest absolute Gasteiger partial charge is 0.242 e. The van der Waals surface area contributed by atoms with Crippen molar-refractivity contribution in [1.82, 2.24) is 14.7 Å². The molecule has 2 aliphatic heterocycles. The first-order valence-electron chi connectivity index (χ1n) is 8.39. The van der Waals surface area contributed by atoms with Crippen LogP contribution in [-0.2, 0) is 20.9 Å². The van der Waals surface area contributed by atoms with Gasteiger partial charge < -0.3 is 4.90 Å². The number of nitrogens with zero attached hydrogens (tertiary/aromatic N) is 4. The fraction of sp³-hybridized carbons (Fsp3) is 0.444. The van der Waals surface area contributed by atoms with E-state index >= 15 is 0 Å². The van der Waals surface area contributed by atoms with Crippen LogP contribution in [-0.4, -0.2) is 65.1 Å². The third kappa shape index (κ3) is 4.03. The van der Waals surface area contributed by atoms with Crippen LogP contribution in [0.5, 0.6) is 0 Å². The van der Waals surface area contributed by atoms with Crippen LogP contribution in [0.1, 0.15) is 24.0 Å². The molecular weight excluding hydrogens is 320 g/mol. The van der Waals surface area contributed by atoms with E-state index in [1.54, 1.807) is 17.0 Å². The van der Waals surface area contributed by atoms with Crippen LogP contribution < -0.4 is 0 Å². The van der Waals surface area contributed by atoms with Gasteiger partial charge in [-0.15, -0.1) is 0 Å². The summed E-state index contributed by atoms with van der Waals surface area (Å²) in [5.41, 5.74) is 1.78. The van der Waals surface area contributed by atoms with E-state index in [-0.39, 0.29) is 37.1 Å². The Hall–Kier alpha value is -2.72. The van der Waals surface area contributed by atoms with Gasteiger partial charge in [0, 0.05) is 45.6 Å². The molecule has 2 aliphatic rings. The highest BCUT2D eigenvalue weighted by atomic mass is 16.2. The van der Waals surface area contributed by atoms with Crippen LogP contribution >= 0.6 is 0 Å². The van der Waals surface area contributed by atoms with Crippen molar-refractivity contribution in [2.75, 3.05) is 32.7 Å². The highest BCUT2D eigenvalue weighted by Gasteiger charge is 2.32. The monoisotopic (exact) mass is 340 g/mol. The van der Waals surface area contributed by atoms with Gasteiger partial charge in [-0.25, -0.2) is 0 Å². The fourth-order valence-electron chi connectivity index (χ4n) is 3.13. The quantitative estimate of drug-likeness (QED) is 0.739. The second-order valence-electron chi connectivity index (χ2n) is 6.34. The average molecular weight is 340 g/mol.